The summed E-state index contributed by atoms with van der Waals surface area (Å²) in [7, 11) is -3.85. The van der Waals surface area contributed by atoms with Crippen LogP contribution >= 0.6 is 0 Å². The minimum Gasteiger partial charge on any atom is -0.371 e. The average Bonchev–Trinajstić information content (AvgIpc) is 3.40. The van der Waals surface area contributed by atoms with E-state index in [1.54, 1.807) is 0 Å². The quantitative estimate of drug-likeness (QED) is 0.415. The molecule has 1 aliphatic heterocycles. The van der Waals surface area contributed by atoms with Crippen LogP contribution in [-0.2, 0) is 14.8 Å². The van der Waals surface area contributed by atoms with Crippen molar-refractivity contribution in [3.05, 3.63) is 54.1 Å². The van der Waals surface area contributed by atoms with E-state index in [-0.39, 0.29) is 22.9 Å². The lowest BCUT2D eigenvalue weighted by Crippen LogP contribution is -2.43. The van der Waals surface area contributed by atoms with Crippen molar-refractivity contribution < 1.29 is 18.0 Å². The number of carbonyl (C=O) groups excluding carboxylic acids is 2. The second-order valence-electron chi connectivity index (χ2n) is 8.46. The predicted octanol–water partition coefficient (Wildman–Crippen LogP) is 3.13. The fraction of sp³-hybridized carbons (Fsp3) is 0.385. The maximum absolute atomic E-state index is 13.1. The van der Waals surface area contributed by atoms with Crippen molar-refractivity contribution in [1.82, 2.24) is 10.0 Å². The van der Waals surface area contributed by atoms with E-state index in [1.165, 1.54) is 24.3 Å². The summed E-state index contributed by atoms with van der Waals surface area (Å²) in [5, 5.41) is 5.70. The van der Waals surface area contributed by atoms with Crippen LogP contribution in [0.15, 0.2) is 53.4 Å². The van der Waals surface area contributed by atoms with E-state index in [2.05, 4.69) is 26.2 Å². The molecule has 0 aliphatic carbocycles. The van der Waals surface area contributed by atoms with Crippen LogP contribution in [0, 0.1) is 12.3 Å². The van der Waals surface area contributed by atoms with Crippen LogP contribution in [0.4, 0.5) is 11.4 Å². The van der Waals surface area contributed by atoms with Crippen LogP contribution in [-0.4, -0.2) is 45.9 Å². The normalized spacial score (nSPS) is 14.2. The van der Waals surface area contributed by atoms with Crippen molar-refractivity contribution in [2.75, 3.05) is 29.9 Å². The molecule has 2 aromatic rings. The second-order valence-corrected chi connectivity index (χ2v) is 10.2. The third-order valence-electron chi connectivity index (χ3n) is 5.82. The molecule has 3 rings (SSSR count). The molecule has 186 valence electrons. The average molecular weight is 497 g/mol. The molecule has 1 heterocycles. The zero-order valence-electron chi connectivity index (χ0n) is 19.9. The summed E-state index contributed by atoms with van der Waals surface area (Å²) in [4.78, 5) is 28.3. The van der Waals surface area contributed by atoms with Gasteiger partial charge in [0, 0.05) is 30.0 Å². The first kappa shape index (κ1) is 26.3. The molecule has 0 bridgehead atoms. The Balaban J connectivity index is 1.72. The highest BCUT2D eigenvalue weighted by atomic mass is 32.2. The SMILES string of the molecule is C#CCNS(=O)(=O)c1cccc(C(=O)NC(CCCC)C(=O)Nc2cccc(N3CCCC3)c2)c1. The maximum Gasteiger partial charge on any atom is 0.251 e. The molecule has 2 aromatic carbocycles. The number of rotatable bonds is 11. The second kappa shape index (κ2) is 12.4. The van der Waals surface area contributed by atoms with Gasteiger partial charge in [-0.2, -0.15) is 4.72 Å². The van der Waals surface area contributed by atoms with Gasteiger partial charge >= 0.3 is 0 Å². The first-order valence-corrected chi connectivity index (χ1v) is 13.3. The van der Waals surface area contributed by atoms with Crippen LogP contribution in [0.2, 0.25) is 0 Å². The number of nitrogens with zero attached hydrogens (tertiary/aromatic N) is 1. The molecule has 0 saturated carbocycles. The molecule has 1 saturated heterocycles. The predicted molar refractivity (Wildman–Crippen MR) is 138 cm³/mol. The molecule has 0 spiro atoms. The van der Waals surface area contributed by atoms with Gasteiger partial charge in [-0.3, -0.25) is 9.59 Å². The lowest BCUT2D eigenvalue weighted by atomic mass is 10.1. The van der Waals surface area contributed by atoms with Crippen molar-refractivity contribution in [2.45, 2.75) is 50.0 Å². The number of anilines is 2. The highest BCUT2D eigenvalue weighted by molar-refractivity contribution is 7.89. The van der Waals surface area contributed by atoms with Gasteiger partial charge in [0.05, 0.1) is 11.4 Å². The summed E-state index contributed by atoms with van der Waals surface area (Å²) < 4.78 is 27.0. The number of terminal acetylenes is 1. The van der Waals surface area contributed by atoms with Gasteiger partial charge in [0.15, 0.2) is 0 Å². The van der Waals surface area contributed by atoms with E-state index in [0.29, 0.717) is 12.1 Å². The number of nitrogens with one attached hydrogen (secondary N) is 3. The summed E-state index contributed by atoms with van der Waals surface area (Å²) in [5.74, 6) is 1.37. The first-order valence-electron chi connectivity index (χ1n) is 11.8. The molecule has 0 aromatic heterocycles. The Bertz CT molecular complexity index is 1180. The maximum atomic E-state index is 13.1. The topological polar surface area (TPSA) is 108 Å². The number of amides is 2. The molecule has 1 atom stereocenters. The molecular formula is C26H32N4O4S. The number of hydrogen-bond acceptors (Lipinski definition) is 5. The molecule has 1 unspecified atom stereocenters. The molecule has 9 heteroatoms. The van der Waals surface area contributed by atoms with Crippen LogP contribution in [0.1, 0.15) is 49.4 Å². The van der Waals surface area contributed by atoms with Gasteiger partial charge in [-0.1, -0.05) is 37.8 Å². The summed E-state index contributed by atoms with van der Waals surface area (Å²) in [6.07, 6.45) is 9.51. The fourth-order valence-electron chi connectivity index (χ4n) is 3.93. The van der Waals surface area contributed by atoms with E-state index < -0.39 is 22.0 Å². The highest BCUT2D eigenvalue weighted by Gasteiger charge is 2.23. The number of unbranched alkanes of at least 4 members (excludes halogenated alkanes) is 1. The van der Waals surface area contributed by atoms with E-state index in [0.717, 1.165) is 44.5 Å². The molecule has 1 aliphatic rings. The van der Waals surface area contributed by atoms with E-state index in [1.807, 2.05) is 31.2 Å². The Kier molecular flexibility index (Phi) is 9.29. The van der Waals surface area contributed by atoms with Crippen molar-refractivity contribution >= 4 is 33.2 Å². The standard InChI is InChI=1S/C26H32N4O4S/c1-3-5-14-24(26(32)28-21-11-9-12-22(19-21)30-16-6-7-17-30)29-25(31)20-10-8-13-23(18-20)35(33,34)27-15-4-2/h2,8-13,18-19,24,27H,3,5-7,14-17H2,1H3,(H,28,32)(H,29,31). The van der Waals surface area contributed by atoms with Crippen LogP contribution < -0.4 is 20.3 Å². The summed E-state index contributed by atoms with van der Waals surface area (Å²) in [6, 6.07) is 12.6. The highest BCUT2D eigenvalue weighted by Crippen LogP contribution is 2.23. The largest absolute Gasteiger partial charge is 0.371 e. The molecule has 0 radical (unpaired) electrons. The zero-order chi connectivity index (χ0) is 25.3. The lowest BCUT2D eigenvalue weighted by Gasteiger charge is -2.21. The van der Waals surface area contributed by atoms with Crippen molar-refractivity contribution in [3.8, 4) is 12.3 Å². The molecule has 3 N–H and O–H groups in total. The molecular weight excluding hydrogens is 464 g/mol. The minimum absolute atomic E-state index is 0.0753. The van der Waals surface area contributed by atoms with Crippen LogP contribution in [0.3, 0.4) is 0 Å². The number of sulfonamides is 1. The van der Waals surface area contributed by atoms with Crippen molar-refractivity contribution in [2.24, 2.45) is 0 Å². The Hall–Kier alpha value is -3.35. The van der Waals surface area contributed by atoms with Crippen LogP contribution in [0.5, 0.6) is 0 Å². The van der Waals surface area contributed by atoms with Crippen LogP contribution in [0.25, 0.3) is 0 Å². The van der Waals surface area contributed by atoms with Gasteiger partial charge < -0.3 is 15.5 Å². The Labute approximate surface area is 207 Å². The van der Waals surface area contributed by atoms with Gasteiger partial charge in [-0.05, 0) is 55.7 Å². The van der Waals surface area contributed by atoms with Gasteiger partial charge in [-0.15, -0.1) is 6.42 Å². The Morgan fingerprint density at radius 1 is 1.11 bits per heavy atom. The Morgan fingerprint density at radius 3 is 2.57 bits per heavy atom. The molecule has 1 fully saturated rings. The zero-order valence-corrected chi connectivity index (χ0v) is 20.7. The minimum atomic E-state index is -3.85. The molecule has 35 heavy (non-hydrogen) atoms. The molecule has 2 amide bonds. The fourth-order valence-corrected chi connectivity index (χ4v) is 4.91. The number of hydrogen-bond donors (Lipinski definition) is 3. The summed E-state index contributed by atoms with van der Waals surface area (Å²) in [5.41, 5.74) is 1.87. The van der Waals surface area contributed by atoms with Gasteiger partial charge in [0.2, 0.25) is 15.9 Å². The van der Waals surface area contributed by atoms with Crippen molar-refractivity contribution in [3.63, 3.8) is 0 Å². The third-order valence-corrected chi connectivity index (χ3v) is 7.22. The van der Waals surface area contributed by atoms with Gasteiger partial charge in [0.1, 0.15) is 6.04 Å². The van der Waals surface area contributed by atoms with E-state index in [9.17, 15) is 18.0 Å². The van der Waals surface area contributed by atoms with E-state index in [4.69, 9.17) is 6.42 Å². The number of carbonyl (C=O) groups is 2. The van der Waals surface area contributed by atoms with Gasteiger partial charge in [0.25, 0.3) is 5.91 Å². The van der Waals surface area contributed by atoms with Crippen molar-refractivity contribution in [1.29, 1.82) is 0 Å². The lowest BCUT2D eigenvalue weighted by molar-refractivity contribution is -0.118. The first-order chi connectivity index (χ1) is 16.8. The van der Waals surface area contributed by atoms with E-state index >= 15 is 0 Å². The monoisotopic (exact) mass is 496 g/mol. The summed E-state index contributed by atoms with van der Waals surface area (Å²) >= 11 is 0. The third kappa shape index (κ3) is 7.31. The molecule has 8 nitrogen and oxygen atoms in total. The summed E-state index contributed by atoms with van der Waals surface area (Å²) in [6.45, 7) is 3.85. The number of benzene rings is 2. The smallest absolute Gasteiger partial charge is 0.251 e. The van der Waals surface area contributed by atoms with Gasteiger partial charge in [-0.25, -0.2) is 8.42 Å². The Morgan fingerprint density at radius 2 is 1.86 bits per heavy atom.